The van der Waals surface area contributed by atoms with Gasteiger partial charge in [0.25, 0.3) is 0 Å². The van der Waals surface area contributed by atoms with Gasteiger partial charge in [-0.1, -0.05) is 35.4 Å². The van der Waals surface area contributed by atoms with E-state index in [0.29, 0.717) is 18.1 Å². The minimum Gasteiger partial charge on any atom is -0.493 e. The first kappa shape index (κ1) is 17.6. The van der Waals surface area contributed by atoms with E-state index in [-0.39, 0.29) is 0 Å². The average Bonchev–Trinajstić information content (AvgIpc) is 2.57. The third-order valence-electron chi connectivity index (χ3n) is 3.48. The molecule has 0 aliphatic rings. The second kappa shape index (κ2) is 8.20. The van der Waals surface area contributed by atoms with Crippen LogP contribution in [0.3, 0.4) is 0 Å². The van der Waals surface area contributed by atoms with Gasteiger partial charge in [0.1, 0.15) is 6.61 Å². The number of rotatable bonds is 6. The molecule has 0 spiro atoms. The highest BCUT2D eigenvalue weighted by Gasteiger charge is 2.06. The van der Waals surface area contributed by atoms with Gasteiger partial charge in [-0.2, -0.15) is 0 Å². The molecule has 2 aromatic carbocycles. The van der Waals surface area contributed by atoms with Crippen LogP contribution in [-0.2, 0) is 16.1 Å². The summed E-state index contributed by atoms with van der Waals surface area (Å²) in [5, 5.41) is 0. The standard InChI is InChI=1S/C20H22O4/c1-14-9-15(2)11-17(10-14)13-24-18-7-5-16(12-19(18)22-3)6-8-20(21)23-4/h5-12H,13H2,1-4H3/b8-6+. The third-order valence-corrected chi connectivity index (χ3v) is 3.48. The van der Waals surface area contributed by atoms with Gasteiger partial charge >= 0.3 is 5.97 Å². The molecule has 0 bridgehead atoms. The summed E-state index contributed by atoms with van der Waals surface area (Å²) in [6, 6.07) is 11.8. The van der Waals surface area contributed by atoms with Gasteiger partial charge in [0.05, 0.1) is 14.2 Å². The highest BCUT2D eigenvalue weighted by molar-refractivity contribution is 5.87. The second-order valence-corrected chi connectivity index (χ2v) is 5.55. The van der Waals surface area contributed by atoms with E-state index < -0.39 is 5.97 Å². The van der Waals surface area contributed by atoms with E-state index in [1.54, 1.807) is 13.2 Å². The van der Waals surface area contributed by atoms with Gasteiger partial charge in [-0.05, 0) is 43.2 Å². The van der Waals surface area contributed by atoms with Crippen molar-refractivity contribution in [2.75, 3.05) is 14.2 Å². The molecule has 0 aliphatic heterocycles. The maximum Gasteiger partial charge on any atom is 0.330 e. The summed E-state index contributed by atoms with van der Waals surface area (Å²) >= 11 is 0. The molecule has 0 amide bonds. The first-order valence-corrected chi connectivity index (χ1v) is 7.66. The smallest absolute Gasteiger partial charge is 0.330 e. The van der Waals surface area contributed by atoms with Gasteiger partial charge in [0.2, 0.25) is 0 Å². The molecule has 2 aromatic rings. The number of hydrogen-bond donors (Lipinski definition) is 0. The molecule has 2 rings (SSSR count). The Bertz CT molecular complexity index is 727. The molecule has 24 heavy (non-hydrogen) atoms. The molecule has 126 valence electrons. The summed E-state index contributed by atoms with van der Waals surface area (Å²) < 4.78 is 15.8. The summed E-state index contributed by atoms with van der Waals surface area (Å²) in [6.45, 7) is 4.61. The lowest BCUT2D eigenvalue weighted by molar-refractivity contribution is -0.134. The molecular weight excluding hydrogens is 304 g/mol. The minimum absolute atomic E-state index is 0.399. The van der Waals surface area contributed by atoms with E-state index in [1.807, 2.05) is 18.2 Å². The molecule has 0 aromatic heterocycles. The fraction of sp³-hybridized carbons (Fsp3) is 0.250. The molecule has 4 nitrogen and oxygen atoms in total. The molecule has 0 radical (unpaired) electrons. The van der Waals surface area contributed by atoms with E-state index in [2.05, 4.69) is 36.8 Å². The number of methoxy groups -OCH3 is 2. The van der Waals surface area contributed by atoms with Gasteiger partial charge < -0.3 is 14.2 Å². The van der Waals surface area contributed by atoms with Crippen LogP contribution in [-0.4, -0.2) is 20.2 Å². The Morgan fingerprint density at radius 1 is 1.00 bits per heavy atom. The minimum atomic E-state index is -0.399. The Labute approximate surface area is 142 Å². The maximum atomic E-state index is 11.2. The van der Waals surface area contributed by atoms with Crippen LogP contribution in [0.4, 0.5) is 0 Å². The first-order valence-electron chi connectivity index (χ1n) is 7.66. The van der Waals surface area contributed by atoms with Crippen LogP contribution in [0.15, 0.2) is 42.5 Å². The molecular formula is C20H22O4. The lowest BCUT2D eigenvalue weighted by Crippen LogP contribution is -1.99. The monoisotopic (exact) mass is 326 g/mol. The van der Waals surface area contributed by atoms with Gasteiger partial charge in [-0.3, -0.25) is 0 Å². The Balaban J connectivity index is 2.12. The number of carbonyl (C=O) groups excluding carboxylic acids is 1. The topological polar surface area (TPSA) is 44.8 Å². The van der Waals surface area contributed by atoms with Gasteiger partial charge in [0, 0.05) is 6.08 Å². The zero-order chi connectivity index (χ0) is 17.5. The highest BCUT2D eigenvalue weighted by atomic mass is 16.5. The number of esters is 1. The number of benzene rings is 2. The summed E-state index contributed by atoms with van der Waals surface area (Å²) in [4.78, 5) is 11.2. The van der Waals surface area contributed by atoms with Crippen molar-refractivity contribution in [2.45, 2.75) is 20.5 Å². The Morgan fingerprint density at radius 3 is 2.33 bits per heavy atom. The third kappa shape index (κ3) is 4.88. The van der Waals surface area contributed by atoms with Crippen LogP contribution in [0.25, 0.3) is 6.08 Å². The van der Waals surface area contributed by atoms with Crippen molar-refractivity contribution in [1.29, 1.82) is 0 Å². The van der Waals surface area contributed by atoms with E-state index >= 15 is 0 Å². The second-order valence-electron chi connectivity index (χ2n) is 5.55. The van der Waals surface area contributed by atoms with Crippen molar-refractivity contribution in [3.63, 3.8) is 0 Å². The predicted octanol–water partition coefficient (Wildman–Crippen LogP) is 4.08. The zero-order valence-electron chi connectivity index (χ0n) is 14.5. The largest absolute Gasteiger partial charge is 0.493 e. The van der Waals surface area contributed by atoms with Crippen LogP contribution in [0.1, 0.15) is 22.3 Å². The molecule has 0 unspecified atom stereocenters. The van der Waals surface area contributed by atoms with Crippen LogP contribution in [0.2, 0.25) is 0 Å². The summed E-state index contributed by atoms with van der Waals surface area (Å²) in [5.74, 6) is 0.877. The fourth-order valence-electron chi connectivity index (χ4n) is 2.45. The average molecular weight is 326 g/mol. The van der Waals surface area contributed by atoms with E-state index in [0.717, 1.165) is 11.1 Å². The van der Waals surface area contributed by atoms with Crippen LogP contribution in [0.5, 0.6) is 11.5 Å². The number of hydrogen-bond acceptors (Lipinski definition) is 4. The van der Waals surface area contributed by atoms with Crippen LogP contribution < -0.4 is 9.47 Å². The lowest BCUT2D eigenvalue weighted by atomic mass is 10.1. The van der Waals surface area contributed by atoms with Gasteiger partial charge in [-0.25, -0.2) is 4.79 Å². The van der Waals surface area contributed by atoms with Crippen molar-refractivity contribution in [1.82, 2.24) is 0 Å². The van der Waals surface area contributed by atoms with Crippen LogP contribution in [0, 0.1) is 13.8 Å². The van der Waals surface area contributed by atoms with Gasteiger partial charge in [-0.15, -0.1) is 0 Å². The van der Waals surface area contributed by atoms with Gasteiger partial charge in [0.15, 0.2) is 11.5 Å². The fourth-order valence-corrected chi connectivity index (χ4v) is 2.45. The SMILES string of the molecule is COC(=O)/C=C/c1ccc(OCc2cc(C)cc(C)c2)c(OC)c1. The van der Waals surface area contributed by atoms with Crippen molar-refractivity contribution in [2.24, 2.45) is 0 Å². The molecule has 4 heteroatoms. The predicted molar refractivity (Wildman–Crippen MR) is 94.3 cm³/mol. The highest BCUT2D eigenvalue weighted by Crippen LogP contribution is 2.29. The quantitative estimate of drug-likeness (QED) is 0.593. The van der Waals surface area contributed by atoms with Crippen LogP contribution >= 0.6 is 0 Å². The number of carbonyl (C=O) groups is 1. The number of aryl methyl sites for hydroxylation is 2. The van der Waals surface area contributed by atoms with E-state index in [4.69, 9.17) is 9.47 Å². The van der Waals surface area contributed by atoms with Crippen molar-refractivity contribution in [3.8, 4) is 11.5 Å². The van der Waals surface area contributed by atoms with Crippen molar-refractivity contribution < 1.29 is 19.0 Å². The maximum absolute atomic E-state index is 11.2. The molecule has 0 heterocycles. The summed E-state index contributed by atoms with van der Waals surface area (Å²) in [6.07, 6.45) is 3.03. The molecule has 0 saturated heterocycles. The Hall–Kier alpha value is -2.75. The van der Waals surface area contributed by atoms with Crippen molar-refractivity contribution >= 4 is 12.0 Å². The molecule has 0 aliphatic carbocycles. The molecule has 0 saturated carbocycles. The summed E-state index contributed by atoms with van der Waals surface area (Å²) in [5.41, 5.74) is 4.37. The molecule has 0 N–H and O–H groups in total. The Morgan fingerprint density at radius 2 is 1.71 bits per heavy atom. The van der Waals surface area contributed by atoms with E-state index in [1.165, 1.54) is 24.3 Å². The van der Waals surface area contributed by atoms with Crippen molar-refractivity contribution in [3.05, 3.63) is 64.7 Å². The normalized spacial score (nSPS) is 10.7. The summed E-state index contributed by atoms with van der Waals surface area (Å²) in [7, 11) is 2.93. The Kier molecular flexibility index (Phi) is 6.01. The lowest BCUT2D eigenvalue weighted by Gasteiger charge is -2.12. The van der Waals surface area contributed by atoms with E-state index in [9.17, 15) is 4.79 Å². The molecule has 0 fully saturated rings. The molecule has 0 atom stereocenters. The zero-order valence-corrected chi connectivity index (χ0v) is 14.5. The number of ether oxygens (including phenoxy) is 3. The first-order chi connectivity index (χ1) is 11.5.